The largest absolute Gasteiger partial charge is 0.480 e. The Morgan fingerprint density at radius 2 is 2.29 bits per heavy atom. The monoisotopic (exact) mass is 257 g/mol. The number of thiazole rings is 1. The molecule has 0 aliphatic carbocycles. The molecule has 0 aromatic carbocycles. The number of aliphatic carboxylic acids is 1. The Bertz CT molecular complexity index is 405. The molecule has 1 unspecified atom stereocenters. The van der Waals surface area contributed by atoms with Gasteiger partial charge in [-0.3, -0.25) is 0 Å². The zero-order valence-electron chi connectivity index (χ0n) is 9.69. The van der Waals surface area contributed by atoms with Crippen LogP contribution in [0.2, 0.25) is 0 Å². The highest BCUT2D eigenvalue weighted by atomic mass is 32.1. The van der Waals surface area contributed by atoms with Gasteiger partial charge in [-0.05, 0) is 13.3 Å². The highest BCUT2D eigenvalue weighted by Gasteiger charge is 2.17. The van der Waals surface area contributed by atoms with Crippen molar-refractivity contribution in [2.75, 3.05) is 0 Å². The van der Waals surface area contributed by atoms with Gasteiger partial charge in [0.15, 0.2) is 0 Å². The van der Waals surface area contributed by atoms with Crippen LogP contribution in [0.1, 0.15) is 23.2 Å². The highest BCUT2D eigenvalue weighted by molar-refractivity contribution is 7.11. The smallest absolute Gasteiger partial charge is 0.326 e. The van der Waals surface area contributed by atoms with Crippen molar-refractivity contribution in [3.05, 3.63) is 16.1 Å². The summed E-state index contributed by atoms with van der Waals surface area (Å²) in [7, 11) is 0. The van der Waals surface area contributed by atoms with E-state index < -0.39 is 18.0 Å². The first-order valence-corrected chi connectivity index (χ1v) is 6.03. The SMILES string of the molecule is CCC(NC(=O)NCc1ncc(C)s1)C(=O)O. The second kappa shape index (κ2) is 6.19. The number of carbonyl (C=O) groups excluding carboxylic acids is 1. The quantitative estimate of drug-likeness (QED) is 0.737. The van der Waals surface area contributed by atoms with Gasteiger partial charge in [0.2, 0.25) is 0 Å². The van der Waals surface area contributed by atoms with Crippen molar-refractivity contribution >= 4 is 23.3 Å². The van der Waals surface area contributed by atoms with Gasteiger partial charge in [-0.2, -0.15) is 0 Å². The van der Waals surface area contributed by atoms with Gasteiger partial charge >= 0.3 is 12.0 Å². The molecule has 0 saturated carbocycles. The molecule has 0 bridgehead atoms. The number of carboxylic acids is 1. The summed E-state index contributed by atoms with van der Waals surface area (Å²) in [6, 6.07) is -1.35. The lowest BCUT2D eigenvalue weighted by Gasteiger charge is -2.12. The summed E-state index contributed by atoms with van der Waals surface area (Å²) in [5, 5.41) is 14.5. The normalized spacial score (nSPS) is 11.9. The third-order valence-corrected chi connectivity index (χ3v) is 2.99. The maximum absolute atomic E-state index is 11.4. The summed E-state index contributed by atoms with van der Waals surface area (Å²) in [5.41, 5.74) is 0. The van der Waals surface area contributed by atoms with Crippen molar-refractivity contribution < 1.29 is 14.7 Å². The van der Waals surface area contributed by atoms with E-state index in [2.05, 4.69) is 15.6 Å². The molecule has 7 heteroatoms. The molecule has 2 amide bonds. The van der Waals surface area contributed by atoms with Crippen LogP contribution in [0.25, 0.3) is 0 Å². The summed E-state index contributed by atoms with van der Waals surface area (Å²) >= 11 is 1.49. The van der Waals surface area contributed by atoms with Gasteiger partial charge in [-0.1, -0.05) is 6.92 Å². The van der Waals surface area contributed by atoms with Crippen LogP contribution in [0.5, 0.6) is 0 Å². The molecule has 3 N–H and O–H groups in total. The fourth-order valence-corrected chi connectivity index (χ4v) is 1.91. The highest BCUT2D eigenvalue weighted by Crippen LogP contribution is 2.10. The standard InChI is InChI=1S/C10H15N3O3S/c1-3-7(9(14)15)13-10(16)12-5-8-11-4-6(2)17-8/h4,7H,3,5H2,1-2H3,(H,14,15)(H2,12,13,16). The minimum absolute atomic E-state index is 0.306. The third kappa shape index (κ3) is 4.39. The van der Waals surface area contributed by atoms with Gasteiger partial charge < -0.3 is 15.7 Å². The van der Waals surface area contributed by atoms with E-state index in [9.17, 15) is 9.59 Å². The Labute approximate surface area is 103 Å². The molecule has 0 spiro atoms. The first-order valence-electron chi connectivity index (χ1n) is 5.21. The molecular weight excluding hydrogens is 242 g/mol. The molecule has 0 saturated heterocycles. The number of aryl methyl sites for hydroxylation is 1. The van der Waals surface area contributed by atoms with E-state index in [4.69, 9.17) is 5.11 Å². The average molecular weight is 257 g/mol. The van der Waals surface area contributed by atoms with Crippen molar-refractivity contribution in [3.63, 3.8) is 0 Å². The molecule has 0 radical (unpaired) electrons. The van der Waals surface area contributed by atoms with Crippen LogP contribution < -0.4 is 10.6 Å². The van der Waals surface area contributed by atoms with Crippen LogP contribution in [-0.4, -0.2) is 28.1 Å². The Morgan fingerprint density at radius 1 is 1.59 bits per heavy atom. The van der Waals surface area contributed by atoms with E-state index in [1.54, 1.807) is 13.1 Å². The molecule has 0 aliphatic rings. The van der Waals surface area contributed by atoms with E-state index in [1.807, 2.05) is 6.92 Å². The van der Waals surface area contributed by atoms with Crippen LogP contribution in [0, 0.1) is 6.92 Å². The van der Waals surface area contributed by atoms with E-state index in [-0.39, 0.29) is 0 Å². The van der Waals surface area contributed by atoms with Gasteiger partial charge in [-0.25, -0.2) is 14.6 Å². The molecule has 1 heterocycles. The van der Waals surface area contributed by atoms with Gasteiger partial charge in [0.05, 0.1) is 6.54 Å². The number of aromatic nitrogens is 1. The maximum Gasteiger partial charge on any atom is 0.326 e. The summed E-state index contributed by atoms with van der Waals surface area (Å²) in [4.78, 5) is 27.2. The molecule has 17 heavy (non-hydrogen) atoms. The van der Waals surface area contributed by atoms with E-state index in [0.717, 1.165) is 9.88 Å². The first kappa shape index (κ1) is 13.4. The molecule has 1 aromatic rings. The Balaban J connectivity index is 2.37. The number of carboxylic acid groups (broad SMARTS) is 1. The van der Waals surface area contributed by atoms with Gasteiger partial charge in [0.1, 0.15) is 11.0 Å². The molecular formula is C10H15N3O3S. The lowest BCUT2D eigenvalue weighted by Crippen LogP contribution is -2.45. The van der Waals surface area contributed by atoms with E-state index in [0.29, 0.717) is 13.0 Å². The summed E-state index contributed by atoms with van der Waals surface area (Å²) in [5.74, 6) is -1.03. The lowest BCUT2D eigenvalue weighted by molar-refractivity contribution is -0.139. The fourth-order valence-electron chi connectivity index (χ4n) is 1.19. The second-order valence-corrected chi connectivity index (χ2v) is 4.81. The van der Waals surface area contributed by atoms with Crippen LogP contribution in [0.15, 0.2) is 6.20 Å². The zero-order chi connectivity index (χ0) is 12.8. The maximum atomic E-state index is 11.4. The number of carbonyl (C=O) groups is 2. The van der Waals surface area contributed by atoms with Gasteiger partial charge in [-0.15, -0.1) is 11.3 Å². The molecule has 6 nitrogen and oxygen atoms in total. The van der Waals surface area contributed by atoms with Crippen molar-refractivity contribution in [2.45, 2.75) is 32.9 Å². The van der Waals surface area contributed by atoms with Crippen LogP contribution in [0.3, 0.4) is 0 Å². The van der Waals surface area contributed by atoms with E-state index >= 15 is 0 Å². The Morgan fingerprint density at radius 3 is 2.76 bits per heavy atom. The number of hydrogen-bond donors (Lipinski definition) is 3. The third-order valence-electron chi connectivity index (χ3n) is 2.08. The van der Waals surface area contributed by atoms with Crippen LogP contribution in [0.4, 0.5) is 4.79 Å². The number of urea groups is 1. The zero-order valence-corrected chi connectivity index (χ0v) is 10.5. The lowest BCUT2D eigenvalue weighted by atomic mass is 10.2. The minimum Gasteiger partial charge on any atom is -0.480 e. The van der Waals surface area contributed by atoms with Crippen LogP contribution >= 0.6 is 11.3 Å². The van der Waals surface area contributed by atoms with Crippen molar-refractivity contribution in [3.8, 4) is 0 Å². The Kier molecular flexibility index (Phi) is 4.89. The Hall–Kier alpha value is -1.63. The van der Waals surface area contributed by atoms with Crippen LogP contribution in [-0.2, 0) is 11.3 Å². The summed E-state index contributed by atoms with van der Waals surface area (Å²) in [6.45, 7) is 3.93. The molecule has 1 atom stereocenters. The molecule has 0 fully saturated rings. The number of hydrogen-bond acceptors (Lipinski definition) is 4. The van der Waals surface area contributed by atoms with Crippen molar-refractivity contribution in [1.29, 1.82) is 0 Å². The topological polar surface area (TPSA) is 91.3 Å². The number of nitrogens with one attached hydrogen (secondary N) is 2. The molecule has 94 valence electrons. The average Bonchev–Trinajstić information content (AvgIpc) is 2.68. The predicted molar refractivity (Wildman–Crippen MR) is 63.9 cm³/mol. The first-order chi connectivity index (χ1) is 8.02. The number of amides is 2. The van der Waals surface area contributed by atoms with Crippen molar-refractivity contribution in [1.82, 2.24) is 15.6 Å². The number of nitrogens with zero attached hydrogens (tertiary/aromatic N) is 1. The molecule has 0 aliphatic heterocycles. The fraction of sp³-hybridized carbons (Fsp3) is 0.500. The molecule has 1 aromatic heterocycles. The summed E-state index contributed by atoms with van der Waals surface area (Å²) < 4.78 is 0. The van der Waals surface area contributed by atoms with Gasteiger partial charge in [0, 0.05) is 11.1 Å². The minimum atomic E-state index is -1.03. The van der Waals surface area contributed by atoms with Gasteiger partial charge in [0.25, 0.3) is 0 Å². The second-order valence-electron chi connectivity index (χ2n) is 3.49. The van der Waals surface area contributed by atoms with Crippen molar-refractivity contribution in [2.24, 2.45) is 0 Å². The predicted octanol–water partition coefficient (Wildman–Crippen LogP) is 1.11. The molecule has 1 rings (SSSR count). The summed E-state index contributed by atoms with van der Waals surface area (Å²) in [6.07, 6.45) is 2.07. The number of rotatable bonds is 5. The van der Waals surface area contributed by atoms with E-state index in [1.165, 1.54) is 11.3 Å².